The number of amides is 1. The summed E-state index contributed by atoms with van der Waals surface area (Å²) in [5.74, 6) is 1.49. The average molecular weight is 465 g/mol. The number of rotatable bonds is 8. The standard InChI is InChI=1S/C21H22Cl2N4O2S/c1-4-27-18(11-29-17-10-13(2)8-9-14(17)3)25-26-21(27)30-12-19(28)24-16-7-5-6-15(22)20(16)23/h5-10H,4,11-12H2,1-3H3,(H,24,28). The minimum absolute atomic E-state index is 0.165. The summed E-state index contributed by atoms with van der Waals surface area (Å²) in [5, 5.41) is 12.6. The first-order chi connectivity index (χ1) is 14.4. The number of nitrogens with one attached hydrogen (secondary N) is 1. The number of aryl methyl sites for hydroxylation is 2. The van der Waals surface area contributed by atoms with Gasteiger partial charge in [-0.1, -0.05) is 53.2 Å². The van der Waals surface area contributed by atoms with Crippen LogP contribution in [0.4, 0.5) is 5.69 Å². The quantitative estimate of drug-likeness (QED) is 0.443. The third kappa shape index (κ3) is 5.47. The van der Waals surface area contributed by atoms with Crippen molar-refractivity contribution in [3.05, 3.63) is 63.4 Å². The number of carbonyl (C=O) groups excluding carboxylic acids is 1. The van der Waals surface area contributed by atoms with Crippen LogP contribution in [0.25, 0.3) is 0 Å². The summed E-state index contributed by atoms with van der Waals surface area (Å²) >= 11 is 13.4. The maximum Gasteiger partial charge on any atom is 0.234 e. The Balaban J connectivity index is 1.62. The topological polar surface area (TPSA) is 69.0 Å². The van der Waals surface area contributed by atoms with Crippen molar-refractivity contribution >= 4 is 46.6 Å². The van der Waals surface area contributed by atoms with E-state index >= 15 is 0 Å². The first kappa shape index (κ1) is 22.5. The second-order valence-corrected chi connectivity index (χ2v) is 8.37. The van der Waals surface area contributed by atoms with Crippen molar-refractivity contribution in [2.24, 2.45) is 0 Å². The molecule has 0 fully saturated rings. The van der Waals surface area contributed by atoms with E-state index in [1.54, 1.807) is 18.2 Å². The van der Waals surface area contributed by atoms with E-state index in [0.717, 1.165) is 16.9 Å². The third-order valence-electron chi connectivity index (χ3n) is 4.37. The van der Waals surface area contributed by atoms with E-state index in [9.17, 15) is 4.79 Å². The Morgan fingerprint density at radius 2 is 2.00 bits per heavy atom. The maximum absolute atomic E-state index is 12.3. The second-order valence-electron chi connectivity index (χ2n) is 6.64. The molecule has 0 radical (unpaired) electrons. The number of halogens is 2. The number of thioether (sulfide) groups is 1. The zero-order valence-corrected chi connectivity index (χ0v) is 19.2. The predicted molar refractivity (Wildman–Crippen MR) is 122 cm³/mol. The molecule has 3 rings (SSSR count). The van der Waals surface area contributed by atoms with Crippen molar-refractivity contribution in [1.82, 2.24) is 14.8 Å². The Hall–Kier alpha value is -2.22. The number of hydrogen-bond donors (Lipinski definition) is 1. The fourth-order valence-electron chi connectivity index (χ4n) is 2.77. The van der Waals surface area contributed by atoms with Gasteiger partial charge in [-0.2, -0.15) is 0 Å². The molecule has 3 aromatic rings. The van der Waals surface area contributed by atoms with Crippen LogP contribution in [-0.2, 0) is 17.9 Å². The zero-order valence-electron chi connectivity index (χ0n) is 16.9. The molecular weight excluding hydrogens is 443 g/mol. The third-order valence-corrected chi connectivity index (χ3v) is 6.15. The number of hydrogen-bond acceptors (Lipinski definition) is 5. The molecule has 1 aromatic heterocycles. The molecule has 1 N–H and O–H groups in total. The smallest absolute Gasteiger partial charge is 0.234 e. The van der Waals surface area contributed by atoms with E-state index < -0.39 is 0 Å². The Bertz CT molecular complexity index is 1060. The lowest BCUT2D eigenvalue weighted by molar-refractivity contribution is -0.113. The molecular formula is C21H22Cl2N4O2S. The van der Waals surface area contributed by atoms with Gasteiger partial charge in [0.25, 0.3) is 0 Å². The van der Waals surface area contributed by atoms with Gasteiger partial charge in [0.05, 0.1) is 21.5 Å². The molecule has 0 unspecified atom stereocenters. The fraction of sp³-hybridized carbons (Fsp3) is 0.286. The summed E-state index contributed by atoms with van der Waals surface area (Å²) in [6.45, 7) is 7.00. The van der Waals surface area contributed by atoms with Gasteiger partial charge in [0.1, 0.15) is 12.4 Å². The van der Waals surface area contributed by atoms with Gasteiger partial charge in [0, 0.05) is 6.54 Å². The summed E-state index contributed by atoms with van der Waals surface area (Å²) in [5.41, 5.74) is 2.68. The molecule has 0 aliphatic heterocycles. The number of aromatic nitrogens is 3. The summed E-state index contributed by atoms with van der Waals surface area (Å²) in [4.78, 5) is 12.3. The number of carbonyl (C=O) groups is 1. The van der Waals surface area contributed by atoms with Gasteiger partial charge in [0.15, 0.2) is 11.0 Å². The maximum atomic E-state index is 12.3. The number of nitrogens with zero attached hydrogens (tertiary/aromatic N) is 3. The van der Waals surface area contributed by atoms with E-state index in [1.807, 2.05) is 43.5 Å². The monoisotopic (exact) mass is 464 g/mol. The largest absolute Gasteiger partial charge is 0.485 e. The molecule has 0 atom stereocenters. The van der Waals surface area contributed by atoms with Crippen LogP contribution in [-0.4, -0.2) is 26.4 Å². The molecule has 0 saturated carbocycles. The highest BCUT2D eigenvalue weighted by Crippen LogP contribution is 2.30. The number of ether oxygens (including phenoxy) is 1. The molecule has 0 spiro atoms. The molecule has 0 saturated heterocycles. The van der Waals surface area contributed by atoms with Crippen LogP contribution >= 0.6 is 35.0 Å². The van der Waals surface area contributed by atoms with Crippen LogP contribution in [0.2, 0.25) is 10.0 Å². The average Bonchev–Trinajstić information content (AvgIpc) is 3.12. The molecule has 158 valence electrons. The molecule has 1 amide bonds. The van der Waals surface area contributed by atoms with Crippen molar-refractivity contribution < 1.29 is 9.53 Å². The van der Waals surface area contributed by atoms with E-state index in [-0.39, 0.29) is 11.7 Å². The summed E-state index contributed by atoms with van der Waals surface area (Å²) in [6, 6.07) is 11.2. The highest BCUT2D eigenvalue weighted by atomic mass is 35.5. The molecule has 6 nitrogen and oxygen atoms in total. The Morgan fingerprint density at radius 3 is 2.77 bits per heavy atom. The SMILES string of the molecule is CCn1c(COc2cc(C)ccc2C)nnc1SCC(=O)Nc1cccc(Cl)c1Cl. The van der Waals surface area contributed by atoms with Gasteiger partial charge in [-0.15, -0.1) is 10.2 Å². The summed E-state index contributed by atoms with van der Waals surface area (Å²) in [6.07, 6.45) is 0. The molecule has 30 heavy (non-hydrogen) atoms. The molecule has 0 aliphatic rings. The van der Waals surface area contributed by atoms with Crippen LogP contribution in [0.1, 0.15) is 23.9 Å². The van der Waals surface area contributed by atoms with Gasteiger partial charge in [-0.25, -0.2) is 0 Å². The number of benzene rings is 2. The van der Waals surface area contributed by atoms with Crippen molar-refractivity contribution in [1.29, 1.82) is 0 Å². The minimum atomic E-state index is -0.206. The van der Waals surface area contributed by atoms with Crippen LogP contribution < -0.4 is 10.1 Å². The highest BCUT2D eigenvalue weighted by molar-refractivity contribution is 7.99. The summed E-state index contributed by atoms with van der Waals surface area (Å²) < 4.78 is 7.89. The van der Waals surface area contributed by atoms with Crippen molar-refractivity contribution in [2.45, 2.75) is 39.1 Å². The lowest BCUT2D eigenvalue weighted by Crippen LogP contribution is -2.15. The lowest BCUT2D eigenvalue weighted by Gasteiger charge is -2.11. The van der Waals surface area contributed by atoms with Gasteiger partial charge in [-0.05, 0) is 50.1 Å². The fourth-order valence-corrected chi connectivity index (χ4v) is 3.94. The van der Waals surface area contributed by atoms with Crippen molar-refractivity contribution in [2.75, 3.05) is 11.1 Å². The van der Waals surface area contributed by atoms with Gasteiger partial charge in [-0.3, -0.25) is 4.79 Å². The van der Waals surface area contributed by atoms with Crippen LogP contribution in [0, 0.1) is 13.8 Å². The van der Waals surface area contributed by atoms with Crippen molar-refractivity contribution in [3.8, 4) is 5.75 Å². The highest BCUT2D eigenvalue weighted by Gasteiger charge is 2.15. The molecule has 0 bridgehead atoms. The zero-order chi connectivity index (χ0) is 21.7. The first-order valence-corrected chi connectivity index (χ1v) is 11.1. The predicted octanol–water partition coefficient (Wildman–Crippen LogP) is 5.53. The van der Waals surface area contributed by atoms with E-state index in [2.05, 4.69) is 15.5 Å². The second kappa shape index (κ2) is 10.2. The molecule has 9 heteroatoms. The van der Waals surface area contributed by atoms with Crippen LogP contribution in [0.3, 0.4) is 0 Å². The van der Waals surface area contributed by atoms with Crippen LogP contribution in [0.15, 0.2) is 41.6 Å². The van der Waals surface area contributed by atoms with Gasteiger partial charge < -0.3 is 14.6 Å². The van der Waals surface area contributed by atoms with E-state index in [1.165, 1.54) is 11.8 Å². The van der Waals surface area contributed by atoms with Gasteiger partial charge >= 0.3 is 0 Å². The van der Waals surface area contributed by atoms with Crippen LogP contribution in [0.5, 0.6) is 5.75 Å². The first-order valence-electron chi connectivity index (χ1n) is 9.37. The summed E-state index contributed by atoms with van der Waals surface area (Å²) in [7, 11) is 0. The number of anilines is 1. The molecule has 0 aliphatic carbocycles. The minimum Gasteiger partial charge on any atom is -0.485 e. The Morgan fingerprint density at radius 1 is 1.20 bits per heavy atom. The Kier molecular flexibility index (Phi) is 7.64. The van der Waals surface area contributed by atoms with Crippen molar-refractivity contribution in [3.63, 3.8) is 0 Å². The van der Waals surface area contributed by atoms with Gasteiger partial charge in [0.2, 0.25) is 5.91 Å². The van der Waals surface area contributed by atoms with E-state index in [0.29, 0.717) is 39.9 Å². The Labute approximate surface area is 189 Å². The lowest BCUT2D eigenvalue weighted by atomic mass is 10.1. The van der Waals surface area contributed by atoms with E-state index in [4.69, 9.17) is 27.9 Å². The molecule has 2 aromatic carbocycles. The normalized spacial score (nSPS) is 10.8. The molecule has 1 heterocycles.